The molecule has 0 radical (unpaired) electrons. The van der Waals surface area contributed by atoms with E-state index < -0.39 is 10.7 Å². The molecule has 0 N–H and O–H groups in total. The number of nitro benzene ring substituents is 1. The number of benzene rings is 1. The van der Waals surface area contributed by atoms with Gasteiger partial charge in [0.05, 0.1) is 4.92 Å². The second-order valence-corrected chi connectivity index (χ2v) is 5.87. The number of hydrogen-bond acceptors (Lipinski definition) is 5. The third kappa shape index (κ3) is 3.43. The van der Waals surface area contributed by atoms with Gasteiger partial charge in [0.25, 0.3) is 0 Å². The van der Waals surface area contributed by atoms with E-state index in [-0.39, 0.29) is 23.8 Å². The molecule has 0 saturated carbocycles. The zero-order chi connectivity index (χ0) is 15.6. The highest BCUT2D eigenvalue weighted by molar-refractivity contribution is 7.12. The summed E-state index contributed by atoms with van der Waals surface area (Å²) in [5, 5.41) is 10.8. The molecule has 0 aliphatic carbocycles. The average Bonchev–Trinajstić information content (AvgIpc) is 2.74. The van der Waals surface area contributed by atoms with Crippen molar-refractivity contribution >= 4 is 22.8 Å². The number of rotatable bonds is 5. The topological polar surface area (TPSA) is 69.4 Å². The summed E-state index contributed by atoms with van der Waals surface area (Å²) in [6.07, 6.45) is 0. The summed E-state index contributed by atoms with van der Waals surface area (Å²) in [5.74, 6) is -1.21. The SMILES string of the molecule is Cc1cc(C(=O)COc2cc(F)ccc2[N+](=O)[O-])c(C)s1. The lowest BCUT2D eigenvalue weighted by Gasteiger charge is -2.06. The standard InChI is InChI=1S/C14H12FNO4S/c1-8-5-11(9(2)21-8)13(17)7-20-14-6-10(15)3-4-12(14)16(18)19/h3-6H,7H2,1-2H3. The van der Waals surface area contributed by atoms with Crippen molar-refractivity contribution in [1.82, 2.24) is 0 Å². The van der Waals surface area contributed by atoms with E-state index in [0.717, 1.165) is 28.0 Å². The van der Waals surface area contributed by atoms with Crippen LogP contribution in [0, 0.1) is 29.8 Å². The molecular weight excluding hydrogens is 297 g/mol. The number of carbonyl (C=O) groups is 1. The Morgan fingerprint density at radius 2 is 2.10 bits per heavy atom. The molecule has 2 aromatic rings. The van der Waals surface area contributed by atoms with Crippen LogP contribution in [-0.2, 0) is 0 Å². The van der Waals surface area contributed by atoms with Gasteiger partial charge in [0, 0.05) is 27.5 Å². The minimum Gasteiger partial charge on any atom is -0.478 e. The Morgan fingerprint density at radius 1 is 1.38 bits per heavy atom. The van der Waals surface area contributed by atoms with Gasteiger partial charge >= 0.3 is 5.69 Å². The second kappa shape index (κ2) is 6.01. The molecule has 0 unspecified atom stereocenters. The number of ether oxygens (including phenoxy) is 1. The number of aryl methyl sites for hydroxylation is 2. The minimum absolute atomic E-state index is 0.252. The maximum Gasteiger partial charge on any atom is 0.311 e. The molecule has 0 spiro atoms. The maximum absolute atomic E-state index is 13.1. The predicted octanol–water partition coefficient (Wildman–Crippen LogP) is 3.67. The molecule has 0 amide bonds. The van der Waals surface area contributed by atoms with Crippen LogP contribution < -0.4 is 4.74 Å². The normalized spacial score (nSPS) is 10.4. The molecule has 0 fully saturated rings. The molecule has 1 aromatic heterocycles. The van der Waals surface area contributed by atoms with Crippen molar-refractivity contribution in [3.63, 3.8) is 0 Å². The first-order valence-electron chi connectivity index (χ1n) is 6.05. The number of carbonyl (C=O) groups excluding carboxylic acids is 1. The number of hydrogen-bond donors (Lipinski definition) is 0. The van der Waals surface area contributed by atoms with E-state index >= 15 is 0 Å². The Kier molecular flexibility index (Phi) is 4.32. The average molecular weight is 309 g/mol. The zero-order valence-corrected chi connectivity index (χ0v) is 12.2. The van der Waals surface area contributed by atoms with E-state index in [2.05, 4.69) is 0 Å². The summed E-state index contributed by atoms with van der Waals surface area (Å²) in [6.45, 7) is 3.32. The molecule has 2 rings (SSSR count). The van der Waals surface area contributed by atoms with E-state index in [1.54, 1.807) is 6.07 Å². The molecule has 1 heterocycles. The van der Waals surface area contributed by atoms with Gasteiger partial charge in [-0.1, -0.05) is 0 Å². The van der Waals surface area contributed by atoms with Crippen LogP contribution in [0.4, 0.5) is 10.1 Å². The first-order chi connectivity index (χ1) is 9.88. The lowest BCUT2D eigenvalue weighted by molar-refractivity contribution is -0.385. The Bertz CT molecular complexity index is 711. The van der Waals surface area contributed by atoms with Crippen molar-refractivity contribution in [2.24, 2.45) is 0 Å². The minimum atomic E-state index is -0.681. The molecule has 5 nitrogen and oxygen atoms in total. The van der Waals surface area contributed by atoms with Crippen molar-refractivity contribution in [2.45, 2.75) is 13.8 Å². The van der Waals surface area contributed by atoms with E-state index in [4.69, 9.17) is 4.74 Å². The van der Waals surface area contributed by atoms with E-state index in [1.807, 2.05) is 13.8 Å². The molecule has 7 heteroatoms. The highest BCUT2D eigenvalue weighted by Crippen LogP contribution is 2.28. The third-order valence-electron chi connectivity index (χ3n) is 2.82. The van der Waals surface area contributed by atoms with Gasteiger partial charge in [0.15, 0.2) is 12.4 Å². The highest BCUT2D eigenvalue weighted by Gasteiger charge is 2.18. The highest BCUT2D eigenvalue weighted by atomic mass is 32.1. The van der Waals surface area contributed by atoms with Gasteiger partial charge in [-0.05, 0) is 26.0 Å². The number of Topliss-reactive ketones (excluding diaryl/α,β-unsaturated/α-hetero) is 1. The van der Waals surface area contributed by atoms with Crippen LogP contribution in [0.2, 0.25) is 0 Å². The largest absolute Gasteiger partial charge is 0.478 e. The van der Waals surface area contributed by atoms with Crippen LogP contribution in [0.3, 0.4) is 0 Å². The first kappa shape index (κ1) is 15.1. The third-order valence-corrected chi connectivity index (χ3v) is 3.78. The van der Waals surface area contributed by atoms with Crippen LogP contribution >= 0.6 is 11.3 Å². The van der Waals surface area contributed by atoms with Crippen molar-refractivity contribution in [1.29, 1.82) is 0 Å². The Labute approximate surface area is 124 Å². The van der Waals surface area contributed by atoms with E-state index in [9.17, 15) is 19.3 Å². The van der Waals surface area contributed by atoms with Gasteiger partial charge < -0.3 is 4.74 Å². The number of halogens is 1. The summed E-state index contributed by atoms with van der Waals surface area (Å²) >= 11 is 1.49. The molecular formula is C14H12FNO4S. The summed E-state index contributed by atoms with van der Waals surface area (Å²) in [5.41, 5.74) is 0.152. The number of nitro groups is 1. The number of ketones is 1. The molecule has 0 aliphatic rings. The summed E-state index contributed by atoms with van der Waals surface area (Å²) in [7, 11) is 0. The van der Waals surface area contributed by atoms with Crippen LogP contribution in [0.25, 0.3) is 0 Å². The monoisotopic (exact) mass is 309 g/mol. The molecule has 110 valence electrons. The molecule has 0 atom stereocenters. The van der Waals surface area contributed by atoms with Crippen molar-refractivity contribution in [3.8, 4) is 5.75 Å². The van der Waals surface area contributed by atoms with E-state index in [0.29, 0.717) is 5.56 Å². The van der Waals surface area contributed by atoms with Gasteiger partial charge in [0.2, 0.25) is 5.78 Å². The number of thiophene rings is 1. The van der Waals surface area contributed by atoms with Crippen molar-refractivity contribution in [3.05, 3.63) is 55.5 Å². The molecule has 0 saturated heterocycles. The van der Waals surface area contributed by atoms with Crippen molar-refractivity contribution < 1.29 is 18.8 Å². The van der Waals surface area contributed by atoms with Gasteiger partial charge in [-0.2, -0.15) is 0 Å². The Morgan fingerprint density at radius 3 is 2.67 bits per heavy atom. The predicted molar refractivity (Wildman–Crippen MR) is 76.7 cm³/mol. The van der Waals surface area contributed by atoms with Crippen LogP contribution in [0.1, 0.15) is 20.1 Å². The van der Waals surface area contributed by atoms with Gasteiger partial charge in [-0.15, -0.1) is 11.3 Å². The van der Waals surface area contributed by atoms with Gasteiger partial charge in [-0.3, -0.25) is 14.9 Å². The summed E-state index contributed by atoms with van der Waals surface area (Å²) in [4.78, 5) is 24.0. The Hall–Kier alpha value is -2.28. The van der Waals surface area contributed by atoms with Crippen LogP contribution in [0.5, 0.6) is 5.75 Å². The fourth-order valence-electron chi connectivity index (χ4n) is 1.88. The molecule has 0 aliphatic heterocycles. The van der Waals surface area contributed by atoms with Crippen LogP contribution in [-0.4, -0.2) is 17.3 Å². The quantitative estimate of drug-likeness (QED) is 0.480. The fourth-order valence-corrected chi connectivity index (χ4v) is 2.83. The molecule has 21 heavy (non-hydrogen) atoms. The number of nitrogens with zero attached hydrogens (tertiary/aromatic N) is 1. The zero-order valence-electron chi connectivity index (χ0n) is 11.4. The fraction of sp³-hybridized carbons (Fsp3) is 0.214. The van der Waals surface area contributed by atoms with Gasteiger partial charge in [0.1, 0.15) is 5.82 Å². The Balaban J connectivity index is 2.16. The first-order valence-corrected chi connectivity index (χ1v) is 6.87. The lowest BCUT2D eigenvalue weighted by atomic mass is 10.2. The summed E-state index contributed by atoms with van der Waals surface area (Å²) < 4.78 is 18.3. The van der Waals surface area contributed by atoms with Crippen molar-refractivity contribution in [2.75, 3.05) is 6.61 Å². The van der Waals surface area contributed by atoms with Gasteiger partial charge in [-0.25, -0.2) is 4.39 Å². The molecule has 0 bridgehead atoms. The second-order valence-electron chi connectivity index (χ2n) is 4.41. The molecule has 1 aromatic carbocycles. The van der Waals surface area contributed by atoms with Crippen LogP contribution in [0.15, 0.2) is 24.3 Å². The smallest absolute Gasteiger partial charge is 0.311 e. The maximum atomic E-state index is 13.1. The lowest BCUT2D eigenvalue weighted by Crippen LogP contribution is -2.12. The van der Waals surface area contributed by atoms with E-state index in [1.165, 1.54) is 11.3 Å². The summed E-state index contributed by atoms with van der Waals surface area (Å²) in [6, 6.07) is 4.62.